The first-order valence-electron chi connectivity index (χ1n) is 11.5. The van der Waals surface area contributed by atoms with E-state index >= 15 is 0 Å². The summed E-state index contributed by atoms with van der Waals surface area (Å²) in [7, 11) is 3.53. The second kappa shape index (κ2) is 9.66. The Morgan fingerprint density at radius 2 is 1.88 bits per heavy atom. The molecule has 3 aromatic rings. The van der Waals surface area contributed by atoms with Gasteiger partial charge in [0.1, 0.15) is 15.7 Å². The molecule has 2 aromatic heterocycles. The van der Waals surface area contributed by atoms with Crippen molar-refractivity contribution in [3.8, 4) is 10.6 Å². The van der Waals surface area contributed by atoms with Gasteiger partial charge in [0.2, 0.25) is 0 Å². The van der Waals surface area contributed by atoms with Gasteiger partial charge in [0, 0.05) is 25.8 Å². The maximum atomic E-state index is 14.9. The van der Waals surface area contributed by atoms with Gasteiger partial charge in [-0.2, -0.15) is 5.10 Å². The second-order valence-corrected chi connectivity index (χ2v) is 9.97. The monoisotopic (exact) mass is 483 g/mol. The molecule has 0 spiro atoms. The van der Waals surface area contributed by atoms with E-state index in [0.29, 0.717) is 38.6 Å². The van der Waals surface area contributed by atoms with E-state index in [9.17, 15) is 14.0 Å². The van der Waals surface area contributed by atoms with Crippen LogP contribution < -0.4 is 15.8 Å². The molecule has 0 radical (unpaired) electrons. The minimum absolute atomic E-state index is 0.261. The average Bonchev–Trinajstić information content (AvgIpc) is 3.19. The molecule has 1 saturated carbocycles. The summed E-state index contributed by atoms with van der Waals surface area (Å²) in [6, 6.07) is 5.14. The van der Waals surface area contributed by atoms with Crippen molar-refractivity contribution in [2.45, 2.75) is 58.9 Å². The highest BCUT2D eigenvalue weighted by Gasteiger charge is 2.23. The summed E-state index contributed by atoms with van der Waals surface area (Å²) in [6.45, 7) is 5.38. The highest BCUT2D eigenvalue weighted by atomic mass is 32.1. The number of benzene rings is 1. The normalized spacial score (nSPS) is 14.3. The number of nitrogens with one attached hydrogen (secondary N) is 1. The molecule has 0 aliphatic heterocycles. The van der Waals surface area contributed by atoms with Crippen LogP contribution in [0.3, 0.4) is 0 Å². The molecule has 1 aliphatic carbocycles. The maximum Gasteiger partial charge on any atom is 0.277 e. The van der Waals surface area contributed by atoms with Crippen molar-refractivity contribution >= 4 is 28.6 Å². The Bertz CT molecular complexity index is 1290. The van der Waals surface area contributed by atoms with E-state index in [0.717, 1.165) is 35.4 Å². The SMILES string of the molecule is Cc1nc(-c2c(C)c(C)nn(C)c2=O)sc1C(=O)Nc1ccc(N(C)C2CCCCC2)c(F)c1. The Morgan fingerprint density at radius 1 is 1.18 bits per heavy atom. The van der Waals surface area contributed by atoms with E-state index in [4.69, 9.17) is 0 Å². The van der Waals surface area contributed by atoms with Gasteiger partial charge in [0.15, 0.2) is 0 Å². The second-order valence-electron chi connectivity index (χ2n) is 8.97. The standard InChI is InChI=1S/C25H30FN5O2S/c1-14-15(2)29-31(5)25(33)21(14)24-27-16(3)22(34-24)23(32)28-17-11-12-20(19(26)13-17)30(4)18-9-7-6-8-10-18/h11-13,18H,6-10H2,1-5H3,(H,28,32). The van der Waals surface area contributed by atoms with Crippen molar-refractivity contribution in [2.75, 3.05) is 17.3 Å². The maximum absolute atomic E-state index is 14.9. The number of nitrogens with zero attached hydrogens (tertiary/aromatic N) is 4. The van der Waals surface area contributed by atoms with Crippen LogP contribution in [0.15, 0.2) is 23.0 Å². The number of hydrogen-bond donors (Lipinski definition) is 1. The summed E-state index contributed by atoms with van der Waals surface area (Å²) >= 11 is 1.15. The number of aromatic nitrogens is 3. The summed E-state index contributed by atoms with van der Waals surface area (Å²) in [5.74, 6) is -0.742. The Hall–Kier alpha value is -3.07. The fourth-order valence-electron chi connectivity index (χ4n) is 4.54. The number of thiazole rings is 1. The molecule has 0 saturated heterocycles. The molecule has 0 bridgehead atoms. The smallest absolute Gasteiger partial charge is 0.277 e. The highest BCUT2D eigenvalue weighted by molar-refractivity contribution is 7.17. The highest BCUT2D eigenvalue weighted by Crippen LogP contribution is 2.31. The molecular weight excluding hydrogens is 453 g/mol. The van der Waals surface area contributed by atoms with Crippen LogP contribution in [0.5, 0.6) is 0 Å². The summed E-state index contributed by atoms with van der Waals surface area (Å²) in [4.78, 5) is 32.6. The van der Waals surface area contributed by atoms with E-state index < -0.39 is 0 Å². The van der Waals surface area contributed by atoms with Crippen LogP contribution in [-0.4, -0.2) is 33.8 Å². The van der Waals surface area contributed by atoms with Crippen molar-refractivity contribution in [3.63, 3.8) is 0 Å². The minimum atomic E-state index is -0.380. The summed E-state index contributed by atoms with van der Waals surface area (Å²) in [5, 5.41) is 7.45. The zero-order valence-corrected chi connectivity index (χ0v) is 21.1. The van der Waals surface area contributed by atoms with Gasteiger partial charge < -0.3 is 10.2 Å². The molecule has 1 fully saturated rings. The number of hydrogen-bond acceptors (Lipinski definition) is 6. The van der Waals surface area contributed by atoms with E-state index in [1.807, 2.05) is 25.8 Å². The predicted molar refractivity (Wildman–Crippen MR) is 134 cm³/mol. The van der Waals surface area contributed by atoms with Gasteiger partial charge in [-0.25, -0.2) is 14.1 Å². The van der Waals surface area contributed by atoms with Crippen molar-refractivity contribution in [1.82, 2.24) is 14.8 Å². The molecule has 9 heteroatoms. The Morgan fingerprint density at radius 3 is 2.56 bits per heavy atom. The average molecular weight is 484 g/mol. The lowest BCUT2D eigenvalue weighted by Crippen LogP contribution is -2.33. The van der Waals surface area contributed by atoms with Gasteiger partial charge in [-0.15, -0.1) is 11.3 Å². The van der Waals surface area contributed by atoms with Gasteiger partial charge >= 0.3 is 0 Å². The predicted octanol–water partition coefficient (Wildman–Crippen LogP) is 4.99. The van der Waals surface area contributed by atoms with Crippen LogP contribution in [0, 0.1) is 26.6 Å². The zero-order valence-electron chi connectivity index (χ0n) is 20.2. The quantitative estimate of drug-likeness (QED) is 0.553. The van der Waals surface area contributed by atoms with Crippen LogP contribution >= 0.6 is 11.3 Å². The number of amides is 1. The number of anilines is 2. The lowest BCUT2D eigenvalue weighted by molar-refractivity contribution is 0.103. The van der Waals surface area contributed by atoms with E-state index in [1.54, 1.807) is 26.1 Å². The number of carbonyl (C=O) groups is 1. The van der Waals surface area contributed by atoms with Crippen LogP contribution in [-0.2, 0) is 7.05 Å². The molecule has 0 unspecified atom stereocenters. The van der Waals surface area contributed by atoms with Crippen LogP contribution in [0.2, 0.25) is 0 Å². The third-order valence-corrected chi connectivity index (χ3v) is 7.82. The first-order valence-corrected chi connectivity index (χ1v) is 12.3. The zero-order chi connectivity index (χ0) is 24.6. The van der Waals surface area contributed by atoms with Gasteiger partial charge in [0.25, 0.3) is 11.5 Å². The molecule has 4 rings (SSSR count). The van der Waals surface area contributed by atoms with Crippen molar-refractivity contribution in [2.24, 2.45) is 7.05 Å². The van der Waals surface area contributed by atoms with Crippen molar-refractivity contribution in [3.05, 3.63) is 56.2 Å². The first kappa shape index (κ1) is 24.1. The molecule has 1 amide bonds. The molecule has 1 N–H and O–H groups in total. The largest absolute Gasteiger partial charge is 0.369 e. The van der Waals surface area contributed by atoms with Crippen LogP contribution in [0.25, 0.3) is 10.6 Å². The molecule has 7 nitrogen and oxygen atoms in total. The first-order chi connectivity index (χ1) is 16.2. The molecule has 180 valence electrons. The molecule has 2 heterocycles. The Kier molecular flexibility index (Phi) is 6.84. The molecule has 0 atom stereocenters. The number of halogens is 1. The van der Waals surface area contributed by atoms with Gasteiger partial charge in [0.05, 0.1) is 22.6 Å². The lowest BCUT2D eigenvalue weighted by Gasteiger charge is -2.33. The number of aryl methyl sites for hydroxylation is 3. The van der Waals surface area contributed by atoms with Gasteiger partial charge in [-0.1, -0.05) is 19.3 Å². The molecule has 34 heavy (non-hydrogen) atoms. The van der Waals surface area contributed by atoms with E-state index in [1.165, 1.54) is 30.0 Å². The van der Waals surface area contributed by atoms with Crippen molar-refractivity contribution in [1.29, 1.82) is 0 Å². The summed E-state index contributed by atoms with van der Waals surface area (Å²) in [6.07, 6.45) is 5.73. The third kappa shape index (κ3) is 4.61. The number of carbonyl (C=O) groups excluding carboxylic acids is 1. The van der Waals surface area contributed by atoms with E-state index in [-0.39, 0.29) is 17.3 Å². The molecule has 1 aromatic carbocycles. The Labute approximate surface area is 202 Å². The van der Waals surface area contributed by atoms with Gasteiger partial charge in [-0.3, -0.25) is 9.59 Å². The molecular formula is C25H30FN5O2S. The van der Waals surface area contributed by atoms with Gasteiger partial charge in [-0.05, 0) is 57.4 Å². The summed E-state index contributed by atoms with van der Waals surface area (Å²) in [5.41, 5.74) is 3.09. The van der Waals surface area contributed by atoms with Crippen molar-refractivity contribution < 1.29 is 9.18 Å². The Balaban J connectivity index is 1.56. The van der Waals surface area contributed by atoms with Crippen LogP contribution in [0.4, 0.5) is 15.8 Å². The summed E-state index contributed by atoms with van der Waals surface area (Å²) < 4.78 is 16.2. The third-order valence-electron chi connectivity index (χ3n) is 6.65. The fraction of sp³-hybridized carbons (Fsp3) is 0.440. The molecule has 1 aliphatic rings. The minimum Gasteiger partial charge on any atom is -0.369 e. The lowest BCUT2D eigenvalue weighted by atomic mass is 9.94. The fourth-order valence-corrected chi connectivity index (χ4v) is 5.59. The topological polar surface area (TPSA) is 80.1 Å². The number of rotatable bonds is 5. The van der Waals surface area contributed by atoms with E-state index in [2.05, 4.69) is 15.4 Å². The van der Waals surface area contributed by atoms with Crippen LogP contribution in [0.1, 0.15) is 58.7 Å².